The molecule has 0 bridgehead atoms. The van der Waals surface area contributed by atoms with E-state index in [1.165, 1.54) is 27.2 Å². The fourth-order valence-corrected chi connectivity index (χ4v) is 2.73. The van der Waals surface area contributed by atoms with Crippen LogP contribution in [0.4, 0.5) is 5.69 Å². The van der Waals surface area contributed by atoms with Gasteiger partial charge in [0.05, 0.1) is 0 Å². The van der Waals surface area contributed by atoms with Gasteiger partial charge < -0.3 is 4.90 Å². The van der Waals surface area contributed by atoms with Crippen molar-refractivity contribution in [2.45, 2.75) is 13.8 Å². The first-order valence-corrected chi connectivity index (χ1v) is 8.84. The van der Waals surface area contributed by atoms with Crippen LogP contribution in [0, 0.1) is 0 Å². The molecular formula is C24H27N. The molecular weight excluding hydrogens is 302 g/mol. The minimum atomic E-state index is 1.28. The van der Waals surface area contributed by atoms with Crippen molar-refractivity contribution < 1.29 is 0 Å². The maximum Gasteiger partial charge on any atom is 0.0440 e. The molecule has 0 radical (unpaired) electrons. The maximum absolute atomic E-state index is 2.16. The Morgan fingerprint density at radius 2 is 0.880 bits per heavy atom. The monoisotopic (exact) mass is 329 g/mol. The summed E-state index contributed by atoms with van der Waals surface area (Å²) in [6.45, 7) is 4.00. The van der Waals surface area contributed by atoms with E-state index in [0.717, 1.165) is 0 Å². The number of rotatable bonds is 1. The summed E-state index contributed by atoms with van der Waals surface area (Å²) in [7, 11) is 4.14. The molecule has 0 saturated carbocycles. The van der Waals surface area contributed by atoms with Gasteiger partial charge in [0.1, 0.15) is 0 Å². The maximum atomic E-state index is 2.16. The van der Waals surface area contributed by atoms with E-state index in [4.69, 9.17) is 0 Å². The Labute approximate surface area is 151 Å². The van der Waals surface area contributed by atoms with Gasteiger partial charge in [-0.2, -0.15) is 0 Å². The first-order chi connectivity index (χ1) is 12.3. The summed E-state index contributed by atoms with van der Waals surface area (Å²) in [4.78, 5) is 2.14. The number of hydrogen-bond donors (Lipinski definition) is 0. The van der Waals surface area contributed by atoms with Crippen molar-refractivity contribution in [2.24, 2.45) is 0 Å². The molecule has 0 saturated heterocycles. The molecule has 1 nitrogen and oxygen atoms in total. The van der Waals surface area contributed by atoms with Crippen LogP contribution >= 0.6 is 0 Å². The average Bonchev–Trinajstić information content (AvgIpc) is 2.69. The Kier molecular flexibility index (Phi) is 7.03. The normalized spacial score (nSPS) is 9.60. The lowest BCUT2D eigenvalue weighted by Crippen LogP contribution is -2.08. The lowest BCUT2D eigenvalue weighted by atomic mass is 10.1. The average molecular weight is 329 g/mol. The third-order valence-electron chi connectivity index (χ3n) is 3.91. The molecule has 4 aromatic carbocycles. The number of fused-ring (bicyclic) bond motifs is 2. The quantitative estimate of drug-likeness (QED) is 0.372. The molecule has 0 aliphatic rings. The van der Waals surface area contributed by atoms with Gasteiger partial charge in [-0.1, -0.05) is 98.8 Å². The van der Waals surface area contributed by atoms with Crippen LogP contribution in [0.25, 0.3) is 21.5 Å². The van der Waals surface area contributed by atoms with Crippen molar-refractivity contribution in [3.8, 4) is 0 Å². The van der Waals surface area contributed by atoms with Gasteiger partial charge >= 0.3 is 0 Å². The molecule has 0 fully saturated rings. The fraction of sp³-hybridized carbons (Fsp3) is 0.167. The van der Waals surface area contributed by atoms with E-state index in [1.807, 2.05) is 13.8 Å². The minimum Gasteiger partial charge on any atom is -0.377 e. The first kappa shape index (κ1) is 18.5. The van der Waals surface area contributed by atoms with Crippen LogP contribution in [0.2, 0.25) is 0 Å². The van der Waals surface area contributed by atoms with Crippen LogP contribution in [0.1, 0.15) is 13.8 Å². The molecule has 0 heterocycles. The number of benzene rings is 4. The van der Waals surface area contributed by atoms with E-state index < -0.39 is 0 Å². The van der Waals surface area contributed by atoms with E-state index >= 15 is 0 Å². The highest BCUT2D eigenvalue weighted by molar-refractivity contribution is 5.94. The van der Waals surface area contributed by atoms with Crippen molar-refractivity contribution in [1.82, 2.24) is 0 Å². The van der Waals surface area contributed by atoms with Crippen LogP contribution in [-0.4, -0.2) is 14.1 Å². The highest BCUT2D eigenvalue weighted by atomic mass is 15.1. The van der Waals surface area contributed by atoms with Crippen LogP contribution in [0.15, 0.2) is 91.0 Å². The Bertz CT molecular complexity index is 839. The van der Waals surface area contributed by atoms with Crippen molar-refractivity contribution in [3.05, 3.63) is 91.0 Å². The summed E-state index contributed by atoms with van der Waals surface area (Å²) in [6.07, 6.45) is 0. The van der Waals surface area contributed by atoms with Gasteiger partial charge in [0.25, 0.3) is 0 Å². The Morgan fingerprint density at radius 3 is 1.36 bits per heavy atom. The molecule has 1 heteroatoms. The predicted molar refractivity (Wildman–Crippen MR) is 114 cm³/mol. The van der Waals surface area contributed by atoms with Gasteiger partial charge in [-0.25, -0.2) is 0 Å². The minimum absolute atomic E-state index is 1.28. The number of anilines is 1. The molecule has 0 aliphatic carbocycles. The fourth-order valence-electron chi connectivity index (χ4n) is 2.73. The van der Waals surface area contributed by atoms with E-state index in [9.17, 15) is 0 Å². The molecule has 4 rings (SSSR count). The molecule has 4 aromatic rings. The standard InChI is InChI=1S/C12H13N.C10H8.C2H6/c1-13(2)12-9-5-7-10-6-3-4-8-11(10)12;1-2-6-10-8-4-3-7-9(10)5-1;1-2/h3-9H,1-2H3;1-8H;1-2H3. The van der Waals surface area contributed by atoms with Gasteiger partial charge in [-0.15, -0.1) is 0 Å². The SMILES string of the molecule is CC.CN(C)c1cccc2ccccc12.c1ccc2ccccc2c1. The number of hydrogen-bond acceptors (Lipinski definition) is 1. The third-order valence-corrected chi connectivity index (χ3v) is 3.91. The van der Waals surface area contributed by atoms with Gasteiger partial charge in [-0.3, -0.25) is 0 Å². The van der Waals surface area contributed by atoms with Crippen molar-refractivity contribution in [1.29, 1.82) is 0 Å². The van der Waals surface area contributed by atoms with Gasteiger partial charge in [0, 0.05) is 25.2 Å². The van der Waals surface area contributed by atoms with Gasteiger partial charge in [0.15, 0.2) is 0 Å². The van der Waals surface area contributed by atoms with Crippen molar-refractivity contribution in [3.63, 3.8) is 0 Å². The van der Waals surface area contributed by atoms with Crippen molar-refractivity contribution >= 4 is 27.2 Å². The Balaban J connectivity index is 0.000000168. The highest BCUT2D eigenvalue weighted by Crippen LogP contribution is 2.24. The summed E-state index contributed by atoms with van der Waals surface area (Å²) < 4.78 is 0. The smallest absolute Gasteiger partial charge is 0.0440 e. The topological polar surface area (TPSA) is 3.24 Å². The van der Waals surface area contributed by atoms with E-state index in [-0.39, 0.29) is 0 Å². The van der Waals surface area contributed by atoms with E-state index in [0.29, 0.717) is 0 Å². The predicted octanol–water partition coefficient (Wildman–Crippen LogP) is 6.77. The molecule has 0 amide bonds. The molecule has 128 valence electrons. The second kappa shape index (κ2) is 9.48. The van der Waals surface area contributed by atoms with Crippen LogP contribution in [0.5, 0.6) is 0 Å². The Hall–Kier alpha value is -2.80. The summed E-state index contributed by atoms with van der Waals surface area (Å²) in [6, 6.07) is 31.5. The molecule has 0 N–H and O–H groups in total. The summed E-state index contributed by atoms with van der Waals surface area (Å²) in [5.74, 6) is 0. The highest BCUT2D eigenvalue weighted by Gasteiger charge is 1.99. The lowest BCUT2D eigenvalue weighted by molar-refractivity contribution is 1.14. The lowest BCUT2D eigenvalue weighted by Gasteiger charge is -2.14. The van der Waals surface area contributed by atoms with E-state index in [2.05, 4.69) is 110 Å². The molecule has 0 unspecified atom stereocenters. The summed E-state index contributed by atoms with van der Waals surface area (Å²) in [5, 5.41) is 5.23. The van der Waals surface area contributed by atoms with Crippen LogP contribution < -0.4 is 4.90 Å². The summed E-state index contributed by atoms with van der Waals surface area (Å²) in [5.41, 5.74) is 1.28. The third kappa shape index (κ3) is 4.84. The molecule has 0 spiro atoms. The number of nitrogens with zero attached hydrogens (tertiary/aromatic N) is 1. The second-order valence-corrected chi connectivity index (χ2v) is 5.74. The van der Waals surface area contributed by atoms with Gasteiger partial charge in [0.2, 0.25) is 0 Å². The zero-order chi connectivity index (χ0) is 18.1. The van der Waals surface area contributed by atoms with Crippen LogP contribution in [-0.2, 0) is 0 Å². The summed E-state index contributed by atoms with van der Waals surface area (Å²) >= 11 is 0. The largest absolute Gasteiger partial charge is 0.377 e. The zero-order valence-corrected chi connectivity index (χ0v) is 15.6. The molecule has 25 heavy (non-hydrogen) atoms. The van der Waals surface area contributed by atoms with Crippen LogP contribution in [0.3, 0.4) is 0 Å². The zero-order valence-electron chi connectivity index (χ0n) is 15.6. The van der Waals surface area contributed by atoms with Gasteiger partial charge in [-0.05, 0) is 22.2 Å². The first-order valence-electron chi connectivity index (χ1n) is 8.84. The molecule has 0 atom stereocenters. The van der Waals surface area contributed by atoms with E-state index in [1.54, 1.807) is 0 Å². The Morgan fingerprint density at radius 1 is 0.480 bits per heavy atom. The van der Waals surface area contributed by atoms with Crippen molar-refractivity contribution in [2.75, 3.05) is 19.0 Å². The molecule has 0 aromatic heterocycles. The molecule has 0 aliphatic heterocycles. The second-order valence-electron chi connectivity index (χ2n) is 5.74.